The molecule has 3 saturated carbocycles. The van der Waals surface area contributed by atoms with Gasteiger partial charge in [0.2, 0.25) is 0 Å². The van der Waals surface area contributed by atoms with Gasteiger partial charge in [0, 0.05) is 0 Å². The third-order valence-electron chi connectivity index (χ3n) is 3.62. The number of rotatable bonds is 7. The van der Waals surface area contributed by atoms with Gasteiger partial charge in [-0.3, -0.25) is 4.79 Å². The molecule has 0 heterocycles. The van der Waals surface area contributed by atoms with E-state index in [-0.39, 0.29) is 12.0 Å². The van der Waals surface area contributed by atoms with E-state index in [1.165, 1.54) is 0 Å². The fraction of sp³-hybridized carbons (Fsp3) is 0.900. The molecule has 3 aliphatic rings. The van der Waals surface area contributed by atoms with Crippen LogP contribution in [0.15, 0.2) is 0 Å². The van der Waals surface area contributed by atoms with Crippen molar-refractivity contribution in [2.45, 2.75) is 32.3 Å². The second-order valence-electron chi connectivity index (χ2n) is 5.27. The molecule has 1 unspecified atom stereocenters. The molecule has 0 aromatic heterocycles. The van der Waals surface area contributed by atoms with Crippen molar-refractivity contribution < 1.29 is 24.6 Å². The van der Waals surface area contributed by atoms with E-state index in [1.54, 1.807) is 6.92 Å². The van der Waals surface area contributed by atoms with Crippen LogP contribution in [0.4, 0.5) is 0 Å². The standard InChI is InChI=1S/C10H15NO6/c1-7(17-11(14)15)2-16-6-9-3-10(4-9,5-9)8(12)13/h7H,2-6H2,1H3,(H,12,13). The van der Waals surface area contributed by atoms with Crippen LogP contribution >= 0.6 is 0 Å². The molecular formula is C10H15NO6. The summed E-state index contributed by atoms with van der Waals surface area (Å²) in [5, 5.41) is 18.1. The van der Waals surface area contributed by atoms with Crippen molar-refractivity contribution in [1.82, 2.24) is 0 Å². The van der Waals surface area contributed by atoms with Gasteiger partial charge in [-0.25, -0.2) is 0 Å². The zero-order chi connectivity index (χ0) is 12.7. The molecular weight excluding hydrogens is 230 g/mol. The van der Waals surface area contributed by atoms with E-state index in [4.69, 9.17) is 9.84 Å². The SMILES string of the molecule is CC(COCC12CC(C(=O)O)(C1)C2)O[N+](=O)[O-]. The average Bonchev–Trinajstić information content (AvgIpc) is 2.04. The third-order valence-corrected chi connectivity index (χ3v) is 3.62. The topological polar surface area (TPSA) is 98.9 Å². The number of carboxylic acids is 1. The molecule has 7 heteroatoms. The molecule has 3 fully saturated rings. The molecule has 1 N–H and O–H groups in total. The van der Waals surface area contributed by atoms with Gasteiger partial charge in [-0.2, -0.15) is 0 Å². The molecule has 0 amide bonds. The zero-order valence-corrected chi connectivity index (χ0v) is 9.55. The first-order valence-corrected chi connectivity index (χ1v) is 5.50. The Kier molecular flexibility index (Phi) is 2.73. The van der Waals surface area contributed by atoms with Gasteiger partial charge < -0.3 is 14.7 Å². The Morgan fingerprint density at radius 1 is 1.53 bits per heavy atom. The minimum atomic E-state index is -0.839. The molecule has 0 aromatic rings. The lowest BCUT2D eigenvalue weighted by Crippen LogP contribution is -2.67. The fourth-order valence-corrected chi connectivity index (χ4v) is 3.00. The van der Waals surface area contributed by atoms with Crippen LogP contribution in [0.3, 0.4) is 0 Å². The van der Waals surface area contributed by atoms with Gasteiger partial charge >= 0.3 is 5.97 Å². The molecule has 1 atom stereocenters. The normalized spacial score (nSPS) is 35.4. The molecule has 2 bridgehead atoms. The van der Waals surface area contributed by atoms with Gasteiger partial charge in [-0.05, 0) is 31.6 Å². The summed E-state index contributed by atoms with van der Waals surface area (Å²) in [7, 11) is 0. The van der Waals surface area contributed by atoms with Crippen molar-refractivity contribution in [3.63, 3.8) is 0 Å². The number of ether oxygens (including phenoxy) is 1. The zero-order valence-electron chi connectivity index (χ0n) is 9.55. The van der Waals surface area contributed by atoms with Crippen LogP contribution in [0, 0.1) is 20.9 Å². The Labute approximate surface area is 97.8 Å². The Morgan fingerprint density at radius 2 is 2.12 bits per heavy atom. The highest BCUT2D eigenvalue weighted by Crippen LogP contribution is 2.73. The van der Waals surface area contributed by atoms with E-state index in [2.05, 4.69) is 4.84 Å². The third kappa shape index (κ3) is 2.06. The summed E-state index contributed by atoms with van der Waals surface area (Å²) < 4.78 is 5.34. The van der Waals surface area contributed by atoms with Crippen molar-refractivity contribution in [2.24, 2.45) is 10.8 Å². The predicted molar refractivity (Wildman–Crippen MR) is 54.7 cm³/mol. The Bertz CT molecular complexity index is 335. The molecule has 3 rings (SSSR count). The summed E-state index contributed by atoms with van der Waals surface area (Å²) in [4.78, 5) is 25.2. The summed E-state index contributed by atoms with van der Waals surface area (Å²) in [6, 6.07) is 0. The second kappa shape index (κ2) is 3.83. The predicted octanol–water partition coefficient (Wildman–Crippen LogP) is 0.855. The number of carboxylic acid groups (broad SMARTS) is 1. The maximum absolute atomic E-state index is 10.9. The van der Waals surface area contributed by atoms with Crippen LogP contribution < -0.4 is 0 Å². The first-order valence-electron chi connectivity index (χ1n) is 5.50. The van der Waals surface area contributed by atoms with Crippen molar-refractivity contribution in [1.29, 1.82) is 0 Å². The molecule has 96 valence electrons. The summed E-state index contributed by atoms with van der Waals surface area (Å²) in [5.74, 6) is -0.718. The number of hydrogen-bond donors (Lipinski definition) is 1. The Hall–Kier alpha value is -1.37. The van der Waals surface area contributed by atoms with E-state index in [9.17, 15) is 14.9 Å². The lowest BCUT2D eigenvalue weighted by molar-refractivity contribution is -0.768. The maximum Gasteiger partial charge on any atom is 0.309 e. The van der Waals surface area contributed by atoms with Crippen LogP contribution in [-0.4, -0.2) is 35.5 Å². The van der Waals surface area contributed by atoms with Crippen LogP contribution in [-0.2, 0) is 14.4 Å². The molecule has 0 spiro atoms. The Balaban J connectivity index is 1.63. The van der Waals surface area contributed by atoms with Crippen molar-refractivity contribution in [2.75, 3.05) is 13.2 Å². The number of aliphatic carboxylic acids is 1. The highest BCUT2D eigenvalue weighted by atomic mass is 17.0. The molecule has 0 aromatic carbocycles. The molecule has 7 nitrogen and oxygen atoms in total. The molecule has 0 saturated heterocycles. The van der Waals surface area contributed by atoms with E-state index in [1.807, 2.05) is 0 Å². The van der Waals surface area contributed by atoms with Crippen LogP contribution in [0.2, 0.25) is 0 Å². The highest BCUT2D eigenvalue weighted by molar-refractivity contribution is 5.79. The van der Waals surface area contributed by atoms with Crippen molar-refractivity contribution in [3.8, 4) is 0 Å². The molecule has 3 aliphatic carbocycles. The average molecular weight is 245 g/mol. The van der Waals surface area contributed by atoms with Gasteiger partial charge in [0.1, 0.15) is 6.10 Å². The molecule has 0 aliphatic heterocycles. The lowest BCUT2D eigenvalue weighted by Gasteiger charge is -2.68. The summed E-state index contributed by atoms with van der Waals surface area (Å²) in [6.45, 7) is 2.18. The van der Waals surface area contributed by atoms with Crippen LogP contribution in [0.25, 0.3) is 0 Å². The van der Waals surface area contributed by atoms with E-state index >= 15 is 0 Å². The van der Waals surface area contributed by atoms with E-state index < -0.39 is 22.6 Å². The summed E-state index contributed by atoms with van der Waals surface area (Å²) in [6.07, 6.45) is 1.41. The minimum absolute atomic E-state index is 0.00667. The fourth-order valence-electron chi connectivity index (χ4n) is 3.00. The summed E-state index contributed by atoms with van der Waals surface area (Å²) >= 11 is 0. The number of carbonyl (C=O) groups is 1. The van der Waals surface area contributed by atoms with Gasteiger partial charge in [-0.15, -0.1) is 10.1 Å². The van der Waals surface area contributed by atoms with Crippen LogP contribution in [0.1, 0.15) is 26.2 Å². The maximum atomic E-state index is 10.9. The Morgan fingerprint density at radius 3 is 2.59 bits per heavy atom. The smallest absolute Gasteiger partial charge is 0.309 e. The minimum Gasteiger partial charge on any atom is -0.481 e. The highest BCUT2D eigenvalue weighted by Gasteiger charge is 2.71. The quantitative estimate of drug-likeness (QED) is 0.527. The second-order valence-corrected chi connectivity index (χ2v) is 5.27. The van der Waals surface area contributed by atoms with Gasteiger partial charge in [0.25, 0.3) is 5.09 Å². The summed E-state index contributed by atoms with van der Waals surface area (Å²) in [5.41, 5.74) is -0.487. The largest absolute Gasteiger partial charge is 0.481 e. The van der Waals surface area contributed by atoms with E-state index in [0.29, 0.717) is 25.9 Å². The van der Waals surface area contributed by atoms with Gasteiger partial charge in [-0.1, -0.05) is 0 Å². The van der Waals surface area contributed by atoms with Gasteiger partial charge in [0.05, 0.1) is 18.6 Å². The van der Waals surface area contributed by atoms with Crippen molar-refractivity contribution in [3.05, 3.63) is 10.1 Å². The number of hydrogen-bond acceptors (Lipinski definition) is 5. The molecule has 17 heavy (non-hydrogen) atoms. The first-order chi connectivity index (χ1) is 7.88. The van der Waals surface area contributed by atoms with Crippen LogP contribution in [0.5, 0.6) is 0 Å². The number of nitrogens with zero attached hydrogens (tertiary/aromatic N) is 1. The lowest BCUT2D eigenvalue weighted by atomic mass is 9.35. The first kappa shape index (κ1) is 12.1. The van der Waals surface area contributed by atoms with Gasteiger partial charge in [0.15, 0.2) is 0 Å². The van der Waals surface area contributed by atoms with Crippen molar-refractivity contribution >= 4 is 5.97 Å². The molecule has 0 radical (unpaired) electrons. The van der Waals surface area contributed by atoms with E-state index in [0.717, 1.165) is 0 Å². The monoisotopic (exact) mass is 245 g/mol.